The van der Waals surface area contributed by atoms with Crippen LogP contribution in [0.2, 0.25) is 0 Å². The molecule has 0 aromatic carbocycles. The van der Waals surface area contributed by atoms with E-state index in [0.717, 1.165) is 96.3 Å². The number of esters is 2. The smallest absolute Gasteiger partial charge is 0.306 e. The summed E-state index contributed by atoms with van der Waals surface area (Å²) in [4.78, 5) is 37.7. The molecular formula is C55H96NO8P. The summed E-state index contributed by atoms with van der Waals surface area (Å²) in [6.45, 7) is 4.09. The van der Waals surface area contributed by atoms with Crippen LogP contribution in [0.3, 0.4) is 0 Å². The molecule has 0 N–H and O–H groups in total. The molecule has 2 unspecified atom stereocenters. The summed E-state index contributed by atoms with van der Waals surface area (Å²) in [5, 5.41) is 0. The number of nitrogens with zero attached hydrogens (tertiary/aromatic N) is 1. The molecule has 0 aliphatic rings. The number of unbranched alkanes of at least 4 members (excludes halogenated alkanes) is 18. The van der Waals surface area contributed by atoms with E-state index in [9.17, 15) is 19.0 Å². The van der Waals surface area contributed by atoms with Crippen molar-refractivity contribution in [3.63, 3.8) is 0 Å². The number of phosphoric acid groups is 1. The van der Waals surface area contributed by atoms with E-state index in [0.29, 0.717) is 17.4 Å². The van der Waals surface area contributed by atoms with Crippen LogP contribution in [0.5, 0.6) is 0 Å². The van der Waals surface area contributed by atoms with Gasteiger partial charge >= 0.3 is 11.9 Å². The normalized spacial score (nSPS) is 14.1. The molecule has 0 aromatic rings. The standard InChI is InChI=1S/C55H96NO8P/c1-6-8-10-12-14-16-18-20-22-23-24-25-26-27-28-29-30-31-32-33-34-36-38-40-42-44-46-48-55(58)64-53(52-63-65(59,60)62-50-49-56(3,4)5)51-61-54(57)47-45-43-41-39-37-35-21-19-17-15-13-11-9-7-2/h8,10,14,16,20,22,24-25,27-28,30-31,33-34,53H,6-7,9,11-13,15,17-19,21,23,26,29,32,35-52H2,1-5H3/b10-8-,16-14-,22-20-,25-24-,28-27-,31-30-,34-33-. The number of ether oxygens (including phenoxy) is 2. The number of quaternary nitrogens is 1. The van der Waals surface area contributed by atoms with Crippen LogP contribution in [0.4, 0.5) is 0 Å². The molecule has 65 heavy (non-hydrogen) atoms. The van der Waals surface area contributed by atoms with Gasteiger partial charge in [0, 0.05) is 12.8 Å². The average Bonchev–Trinajstić information content (AvgIpc) is 3.26. The third-order valence-electron chi connectivity index (χ3n) is 10.7. The van der Waals surface area contributed by atoms with E-state index < -0.39 is 32.5 Å². The maximum absolute atomic E-state index is 12.7. The Hall–Kier alpha value is -2.81. The zero-order valence-corrected chi connectivity index (χ0v) is 43.0. The summed E-state index contributed by atoms with van der Waals surface area (Å²) < 4.78 is 34.0. The van der Waals surface area contributed by atoms with Gasteiger partial charge < -0.3 is 27.9 Å². The lowest BCUT2D eigenvalue weighted by Crippen LogP contribution is -2.37. The van der Waals surface area contributed by atoms with Gasteiger partial charge in [-0.3, -0.25) is 14.2 Å². The Kier molecular flexibility index (Phi) is 44.3. The highest BCUT2D eigenvalue weighted by Crippen LogP contribution is 2.38. The van der Waals surface area contributed by atoms with E-state index in [4.69, 9.17) is 18.5 Å². The third kappa shape index (κ3) is 50.4. The van der Waals surface area contributed by atoms with E-state index in [1.54, 1.807) is 0 Å². The van der Waals surface area contributed by atoms with E-state index in [-0.39, 0.29) is 26.1 Å². The van der Waals surface area contributed by atoms with Crippen molar-refractivity contribution in [2.24, 2.45) is 0 Å². The topological polar surface area (TPSA) is 111 Å². The number of phosphoric ester groups is 1. The van der Waals surface area contributed by atoms with Gasteiger partial charge in [-0.2, -0.15) is 0 Å². The predicted octanol–water partition coefficient (Wildman–Crippen LogP) is 14.9. The van der Waals surface area contributed by atoms with Crippen LogP contribution in [-0.2, 0) is 32.7 Å². The first kappa shape index (κ1) is 62.2. The zero-order chi connectivity index (χ0) is 47.8. The van der Waals surface area contributed by atoms with Gasteiger partial charge in [0.05, 0.1) is 27.7 Å². The summed E-state index contributed by atoms with van der Waals surface area (Å²) in [5.74, 6) is -0.858. The van der Waals surface area contributed by atoms with E-state index in [1.165, 1.54) is 70.6 Å². The van der Waals surface area contributed by atoms with Crippen LogP contribution in [0.15, 0.2) is 85.1 Å². The second kappa shape index (κ2) is 46.3. The maximum atomic E-state index is 12.7. The number of hydrogen-bond donors (Lipinski definition) is 0. The Labute approximate surface area is 399 Å². The van der Waals surface area contributed by atoms with E-state index >= 15 is 0 Å². The molecule has 0 amide bonds. The van der Waals surface area contributed by atoms with Crippen LogP contribution in [0.1, 0.15) is 200 Å². The quantitative estimate of drug-likeness (QED) is 0.0195. The molecule has 0 aromatic heterocycles. The SMILES string of the molecule is CC/C=C\C/C=C\C/C=C\C/C=C\C/C=C\C/C=C\C/C=C\CCCCCCCC(=O)OC(COC(=O)CCCCCCCCCCCCCCCC)COP(=O)([O-])OCC[N+](C)(C)C. The molecule has 2 atom stereocenters. The number of carbonyl (C=O) groups excluding carboxylic acids is 2. The van der Waals surface area contributed by atoms with Crippen molar-refractivity contribution in [2.45, 2.75) is 206 Å². The molecule has 0 heterocycles. The van der Waals surface area contributed by atoms with Gasteiger partial charge in [0.1, 0.15) is 19.8 Å². The lowest BCUT2D eigenvalue weighted by atomic mass is 10.0. The Bertz CT molecular complexity index is 1380. The summed E-state index contributed by atoms with van der Waals surface area (Å²) in [6, 6.07) is 0. The third-order valence-corrected chi connectivity index (χ3v) is 11.6. The monoisotopic (exact) mass is 930 g/mol. The van der Waals surface area contributed by atoms with Crippen molar-refractivity contribution in [1.82, 2.24) is 0 Å². The number of likely N-dealkylation sites (N-methyl/N-ethyl adjacent to an activating group) is 1. The lowest BCUT2D eigenvalue weighted by Gasteiger charge is -2.28. The number of carbonyl (C=O) groups is 2. The number of rotatable bonds is 46. The van der Waals surface area contributed by atoms with Gasteiger partial charge in [-0.15, -0.1) is 0 Å². The second-order valence-electron chi connectivity index (χ2n) is 18.2. The lowest BCUT2D eigenvalue weighted by molar-refractivity contribution is -0.870. The van der Waals surface area contributed by atoms with Crippen molar-refractivity contribution in [2.75, 3.05) is 47.5 Å². The molecule has 0 spiro atoms. The van der Waals surface area contributed by atoms with Crippen LogP contribution < -0.4 is 4.89 Å². The highest BCUT2D eigenvalue weighted by Gasteiger charge is 2.21. The zero-order valence-electron chi connectivity index (χ0n) is 42.2. The molecule has 0 radical (unpaired) electrons. The van der Waals surface area contributed by atoms with Crippen LogP contribution in [-0.4, -0.2) is 70.0 Å². The Morgan fingerprint density at radius 2 is 0.877 bits per heavy atom. The highest BCUT2D eigenvalue weighted by atomic mass is 31.2. The second-order valence-corrected chi connectivity index (χ2v) is 19.6. The average molecular weight is 930 g/mol. The molecule has 0 saturated carbocycles. The molecule has 10 heteroatoms. The first-order chi connectivity index (χ1) is 31.5. The summed E-state index contributed by atoms with van der Waals surface area (Å²) >= 11 is 0. The Morgan fingerprint density at radius 3 is 1.31 bits per heavy atom. The Morgan fingerprint density at radius 1 is 0.492 bits per heavy atom. The van der Waals surface area contributed by atoms with Gasteiger partial charge in [-0.1, -0.05) is 202 Å². The van der Waals surface area contributed by atoms with E-state index in [2.05, 4.69) is 98.9 Å². The van der Waals surface area contributed by atoms with Gasteiger partial charge in [-0.05, 0) is 70.6 Å². The fourth-order valence-electron chi connectivity index (χ4n) is 6.69. The van der Waals surface area contributed by atoms with Crippen LogP contribution in [0.25, 0.3) is 0 Å². The van der Waals surface area contributed by atoms with E-state index in [1.807, 2.05) is 21.1 Å². The van der Waals surface area contributed by atoms with Crippen molar-refractivity contribution >= 4 is 19.8 Å². The number of hydrogen-bond acceptors (Lipinski definition) is 8. The highest BCUT2D eigenvalue weighted by molar-refractivity contribution is 7.45. The molecule has 0 aliphatic carbocycles. The minimum atomic E-state index is -4.64. The summed E-state index contributed by atoms with van der Waals surface area (Å²) in [7, 11) is 1.14. The molecule has 9 nitrogen and oxygen atoms in total. The molecule has 0 aliphatic heterocycles. The van der Waals surface area contributed by atoms with Crippen molar-refractivity contribution in [1.29, 1.82) is 0 Å². The number of allylic oxidation sites excluding steroid dienone is 14. The van der Waals surface area contributed by atoms with Gasteiger partial charge in [0.2, 0.25) is 0 Å². The summed E-state index contributed by atoms with van der Waals surface area (Å²) in [5.41, 5.74) is 0. The molecule has 374 valence electrons. The fourth-order valence-corrected chi connectivity index (χ4v) is 7.42. The predicted molar refractivity (Wildman–Crippen MR) is 272 cm³/mol. The molecule has 0 rings (SSSR count). The van der Waals surface area contributed by atoms with Gasteiger partial charge in [0.15, 0.2) is 6.10 Å². The molecule has 0 fully saturated rings. The van der Waals surface area contributed by atoms with Crippen molar-refractivity contribution < 1.29 is 42.1 Å². The largest absolute Gasteiger partial charge is 0.756 e. The summed E-state index contributed by atoms with van der Waals surface area (Å²) in [6.07, 6.45) is 60.4. The minimum Gasteiger partial charge on any atom is -0.756 e. The van der Waals surface area contributed by atoms with Crippen molar-refractivity contribution in [3.8, 4) is 0 Å². The minimum absolute atomic E-state index is 0.0382. The molecule has 0 bridgehead atoms. The van der Waals surface area contributed by atoms with Crippen molar-refractivity contribution in [3.05, 3.63) is 85.1 Å². The van der Waals surface area contributed by atoms with Gasteiger partial charge in [0.25, 0.3) is 7.82 Å². The molecule has 0 saturated heterocycles. The molecular weight excluding hydrogens is 834 g/mol. The first-order valence-corrected chi connectivity index (χ1v) is 27.3. The van der Waals surface area contributed by atoms with Gasteiger partial charge in [-0.25, -0.2) is 0 Å². The van der Waals surface area contributed by atoms with Crippen LogP contribution in [0, 0.1) is 0 Å². The first-order valence-electron chi connectivity index (χ1n) is 25.8. The maximum Gasteiger partial charge on any atom is 0.306 e. The Balaban J connectivity index is 4.29. The fraction of sp³-hybridized carbons (Fsp3) is 0.709. The van der Waals surface area contributed by atoms with Crippen LogP contribution >= 0.6 is 7.82 Å².